The van der Waals surface area contributed by atoms with E-state index in [-0.39, 0.29) is 29.0 Å². The lowest BCUT2D eigenvalue weighted by molar-refractivity contribution is -0.138. The lowest BCUT2D eigenvalue weighted by Gasteiger charge is -2.32. The molecule has 9 heteroatoms. The highest BCUT2D eigenvalue weighted by molar-refractivity contribution is 7.92. The van der Waals surface area contributed by atoms with Gasteiger partial charge in [0.05, 0.1) is 10.6 Å². The molecule has 1 atom stereocenters. The number of carbonyl (C=O) groups is 2. The first kappa shape index (κ1) is 30.2. The van der Waals surface area contributed by atoms with Crippen molar-refractivity contribution in [3.63, 3.8) is 0 Å². The highest BCUT2D eigenvalue weighted by atomic mass is 35.5. The lowest BCUT2D eigenvalue weighted by Crippen LogP contribution is -2.52. The first-order chi connectivity index (χ1) is 18.5. The second kappa shape index (κ2) is 13.6. The Hall–Kier alpha value is -3.36. The number of hydrogen-bond donors (Lipinski definition) is 1. The third kappa shape index (κ3) is 8.31. The Kier molecular flexibility index (Phi) is 10.5. The first-order valence-corrected chi connectivity index (χ1v) is 14.8. The fourth-order valence-corrected chi connectivity index (χ4v) is 5.61. The molecule has 0 aliphatic rings. The molecule has 0 aromatic heterocycles. The average molecular weight is 570 g/mol. The van der Waals surface area contributed by atoms with Crippen LogP contribution in [-0.4, -0.2) is 50.8 Å². The van der Waals surface area contributed by atoms with Gasteiger partial charge < -0.3 is 10.2 Å². The number of anilines is 1. The molecule has 0 aliphatic heterocycles. The Balaban J connectivity index is 1.96. The molecule has 0 spiro atoms. The number of rotatable bonds is 12. The van der Waals surface area contributed by atoms with E-state index in [1.165, 1.54) is 23.1 Å². The van der Waals surface area contributed by atoms with E-state index < -0.39 is 28.5 Å². The van der Waals surface area contributed by atoms with Gasteiger partial charge in [0.15, 0.2) is 0 Å². The van der Waals surface area contributed by atoms with E-state index in [1.807, 2.05) is 51.1 Å². The molecule has 0 saturated carbocycles. The smallest absolute Gasteiger partial charge is 0.264 e. The van der Waals surface area contributed by atoms with Crippen molar-refractivity contribution in [3.8, 4) is 0 Å². The van der Waals surface area contributed by atoms with Gasteiger partial charge in [0.25, 0.3) is 10.0 Å². The summed E-state index contributed by atoms with van der Waals surface area (Å²) in [6, 6.07) is 21.6. The monoisotopic (exact) mass is 569 g/mol. The number of carbonyl (C=O) groups excluding carboxylic acids is 2. The van der Waals surface area contributed by atoms with Gasteiger partial charge in [-0.05, 0) is 62.1 Å². The maximum absolute atomic E-state index is 13.9. The van der Waals surface area contributed by atoms with Gasteiger partial charge in [0, 0.05) is 18.1 Å². The third-order valence-electron chi connectivity index (χ3n) is 6.32. The largest absolute Gasteiger partial charge is 0.354 e. The SMILES string of the molecule is Cc1ccc(S(=O)(=O)N(CC(=O)N(CCc2ccccc2)C(C)C(=O)NCC(C)C)c2cccc(Cl)c2)cc1. The number of amides is 2. The summed E-state index contributed by atoms with van der Waals surface area (Å²) in [4.78, 5) is 28.4. The summed E-state index contributed by atoms with van der Waals surface area (Å²) < 4.78 is 28.7. The molecular weight excluding hydrogens is 534 g/mol. The Morgan fingerprint density at radius 3 is 2.21 bits per heavy atom. The Morgan fingerprint density at radius 1 is 0.923 bits per heavy atom. The van der Waals surface area contributed by atoms with Crippen LogP contribution in [0.3, 0.4) is 0 Å². The van der Waals surface area contributed by atoms with Gasteiger partial charge in [0.2, 0.25) is 11.8 Å². The van der Waals surface area contributed by atoms with Gasteiger partial charge >= 0.3 is 0 Å². The number of benzene rings is 3. The number of sulfonamides is 1. The molecule has 0 bridgehead atoms. The van der Waals surface area contributed by atoms with Crippen LogP contribution in [0.4, 0.5) is 5.69 Å². The quantitative estimate of drug-likeness (QED) is 0.330. The van der Waals surface area contributed by atoms with Crippen LogP contribution in [0.1, 0.15) is 31.9 Å². The molecule has 0 saturated heterocycles. The summed E-state index contributed by atoms with van der Waals surface area (Å²) in [5.41, 5.74) is 2.17. The summed E-state index contributed by atoms with van der Waals surface area (Å²) >= 11 is 6.20. The third-order valence-corrected chi connectivity index (χ3v) is 8.34. The summed E-state index contributed by atoms with van der Waals surface area (Å²) in [6.07, 6.45) is 0.510. The standard InChI is InChI=1S/C30H36ClN3O4S/c1-22(2)20-32-30(36)24(4)33(18-17-25-9-6-5-7-10-25)29(35)21-34(27-12-8-11-26(31)19-27)39(37,38)28-15-13-23(3)14-16-28/h5-16,19,22,24H,17-18,20-21H2,1-4H3,(H,32,36). The molecule has 208 valence electrons. The molecule has 0 fully saturated rings. The van der Waals surface area contributed by atoms with Crippen molar-refractivity contribution in [2.24, 2.45) is 5.92 Å². The Labute approximate surface area is 236 Å². The highest BCUT2D eigenvalue weighted by Gasteiger charge is 2.32. The zero-order chi connectivity index (χ0) is 28.6. The number of nitrogens with zero attached hydrogens (tertiary/aromatic N) is 2. The van der Waals surface area contributed by atoms with Gasteiger partial charge in [-0.15, -0.1) is 0 Å². The fraction of sp³-hybridized carbons (Fsp3) is 0.333. The maximum Gasteiger partial charge on any atom is 0.264 e. The van der Waals surface area contributed by atoms with Crippen LogP contribution in [0.5, 0.6) is 0 Å². The van der Waals surface area contributed by atoms with E-state index in [2.05, 4.69) is 5.32 Å². The second-order valence-corrected chi connectivity index (χ2v) is 12.2. The molecule has 3 aromatic rings. The van der Waals surface area contributed by atoms with Gasteiger partial charge in [-0.25, -0.2) is 8.42 Å². The van der Waals surface area contributed by atoms with Crippen molar-refractivity contribution in [3.05, 3.63) is 95.0 Å². The molecule has 7 nitrogen and oxygen atoms in total. The normalized spacial score (nSPS) is 12.2. The minimum absolute atomic E-state index is 0.0550. The molecule has 2 amide bonds. The number of aryl methyl sites for hydroxylation is 1. The molecule has 3 rings (SSSR count). The maximum atomic E-state index is 13.9. The van der Waals surface area contributed by atoms with Crippen molar-refractivity contribution in [2.45, 2.75) is 45.1 Å². The molecule has 1 unspecified atom stereocenters. The van der Waals surface area contributed by atoms with Crippen molar-refractivity contribution in [1.82, 2.24) is 10.2 Å². The van der Waals surface area contributed by atoms with Crippen molar-refractivity contribution in [2.75, 3.05) is 23.9 Å². The van der Waals surface area contributed by atoms with E-state index in [0.717, 1.165) is 15.4 Å². The van der Waals surface area contributed by atoms with Gasteiger partial charge in [0.1, 0.15) is 12.6 Å². The minimum atomic E-state index is -4.12. The molecule has 0 heterocycles. The van der Waals surface area contributed by atoms with Crippen LogP contribution >= 0.6 is 11.6 Å². The van der Waals surface area contributed by atoms with Crippen LogP contribution in [-0.2, 0) is 26.0 Å². The Bertz CT molecular complexity index is 1360. The summed E-state index contributed by atoms with van der Waals surface area (Å²) in [7, 11) is -4.12. The van der Waals surface area contributed by atoms with Gasteiger partial charge in [-0.1, -0.05) is 79.5 Å². The van der Waals surface area contributed by atoms with E-state index in [1.54, 1.807) is 37.3 Å². The highest BCUT2D eigenvalue weighted by Crippen LogP contribution is 2.27. The zero-order valence-electron chi connectivity index (χ0n) is 22.8. The molecule has 0 radical (unpaired) electrons. The molecule has 0 aliphatic carbocycles. The average Bonchev–Trinajstić information content (AvgIpc) is 2.91. The minimum Gasteiger partial charge on any atom is -0.354 e. The van der Waals surface area contributed by atoms with Crippen molar-refractivity contribution >= 4 is 39.1 Å². The topological polar surface area (TPSA) is 86.8 Å². The van der Waals surface area contributed by atoms with Crippen LogP contribution < -0.4 is 9.62 Å². The second-order valence-electron chi connectivity index (χ2n) is 9.94. The molecule has 39 heavy (non-hydrogen) atoms. The number of halogens is 1. The Morgan fingerprint density at radius 2 is 1.59 bits per heavy atom. The van der Waals surface area contributed by atoms with Gasteiger partial charge in [-0.3, -0.25) is 13.9 Å². The van der Waals surface area contributed by atoms with E-state index in [0.29, 0.717) is 18.0 Å². The summed E-state index contributed by atoms with van der Waals surface area (Å²) in [5.74, 6) is -0.540. The number of hydrogen-bond acceptors (Lipinski definition) is 4. The van der Waals surface area contributed by atoms with Gasteiger partial charge in [-0.2, -0.15) is 0 Å². The summed E-state index contributed by atoms with van der Waals surface area (Å²) in [5, 5.41) is 3.23. The number of nitrogens with one attached hydrogen (secondary N) is 1. The summed E-state index contributed by atoms with van der Waals surface area (Å²) in [6.45, 7) is 7.73. The molecule has 3 aromatic carbocycles. The molecular formula is C30H36ClN3O4S. The van der Waals surface area contributed by atoms with Crippen LogP contribution in [0.25, 0.3) is 0 Å². The zero-order valence-corrected chi connectivity index (χ0v) is 24.4. The van der Waals surface area contributed by atoms with E-state index in [9.17, 15) is 18.0 Å². The van der Waals surface area contributed by atoms with E-state index >= 15 is 0 Å². The van der Waals surface area contributed by atoms with Crippen molar-refractivity contribution < 1.29 is 18.0 Å². The fourth-order valence-electron chi connectivity index (χ4n) is 4.02. The van der Waals surface area contributed by atoms with Crippen LogP contribution in [0, 0.1) is 12.8 Å². The predicted octanol–water partition coefficient (Wildman–Crippen LogP) is 5.08. The van der Waals surface area contributed by atoms with Crippen LogP contribution in [0.15, 0.2) is 83.8 Å². The van der Waals surface area contributed by atoms with Crippen LogP contribution in [0.2, 0.25) is 5.02 Å². The first-order valence-electron chi connectivity index (χ1n) is 12.9. The van der Waals surface area contributed by atoms with E-state index in [4.69, 9.17) is 11.6 Å². The van der Waals surface area contributed by atoms with Crippen molar-refractivity contribution in [1.29, 1.82) is 0 Å². The predicted molar refractivity (Wildman–Crippen MR) is 156 cm³/mol. The lowest BCUT2D eigenvalue weighted by atomic mass is 10.1. The molecule has 1 N–H and O–H groups in total.